The van der Waals surface area contributed by atoms with E-state index in [-0.39, 0.29) is 10.7 Å². The molecule has 1 aromatic heterocycles. The zero-order valence-electron chi connectivity index (χ0n) is 16.3. The predicted octanol–water partition coefficient (Wildman–Crippen LogP) is 2.96. The summed E-state index contributed by atoms with van der Waals surface area (Å²) in [7, 11) is -3.88. The van der Waals surface area contributed by atoms with Gasteiger partial charge in [-0.3, -0.25) is 9.59 Å². The first-order valence-electron chi connectivity index (χ1n) is 9.10. The maximum Gasteiger partial charge on any atom is 0.324 e. The number of fused-ring (bicyclic) bond motifs is 1. The summed E-state index contributed by atoms with van der Waals surface area (Å²) < 4.78 is 32.2. The molecule has 7 nitrogen and oxygen atoms in total. The van der Waals surface area contributed by atoms with E-state index < -0.39 is 28.1 Å². The molecule has 0 aliphatic rings. The summed E-state index contributed by atoms with van der Waals surface area (Å²) in [4.78, 5) is 28.4. The van der Waals surface area contributed by atoms with Gasteiger partial charge >= 0.3 is 5.97 Å². The molecular weight excluding hydrogens is 392 g/mol. The largest absolute Gasteiger partial charge is 0.453 e. The highest BCUT2D eigenvalue weighted by molar-refractivity contribution is 7.89. The lowest BCUT2D eigenvalue weighted by molar-refractivity contribution is -0.147. The van der Waals surface area contributed by atoms with Gasteiger partial charge in [-0.05, 0) is 39.0 Å². The SMILES string of the molecule is Cc1[nH]c2ccccc2c1C(=O)C(C)OC(=O)[C@H](C)NS(=O)(=O)c1ccccc1. The Morgan fingerprint density at radius 2 is 1.62 bits per heavy atom. The lowest BCUT2D eigenvalue weighted by Crippen LogP contribution is -2.41. The molecule has 0 saturated carbocycles. The average Bonchev–Trinajstić information content (AvgIpc) is 3.03. The smallest absolute Gasteiger partial charge is 0.324 e. The van der Waals surface area contributed by atoms with E-state index >= 15 is 0 Å². The number of H-pyrrole nitrogens is 1. The first-order chi connectivity index (χ1) is 13.7. The van der Waals surface area contributed by atoms with Crippen molar-refractivity contribution in [2.75, 3.05) is 0 Å². The Morgan fingerprint density at radius 1 is 1.00 bits per heavy atom. The number of hydrogen-bond donors (Lipinski definition) is 2. The Hall–Kier alpha value is -2.97. The van der Waals surface area contributed by atoms with Crippen LogP contribution in [-0.4, -0.2) is 37.3 Å². The van der Waals surface area contributed by atoms with Crippen molar-refractivity contribution in [2.24, 2.45) is 0 Å². The fourth-order valence-corrected chi connectivity index (χ4v) is 4.29. The number of para-hydroxylation sites is 1. The van der Waals surface area contributed by atoms with E-state index in [4.69, 9.17) is 4.74 Å². The van der Waals surface area contributed by atoms with Gasteiger partial charge in [0.05, 0.1) is 4.90 Å². The van der Waals surface area contributed by atoms with Crippen LogP contribution in [0.4, 0.5) is 0 Å². The van der Waals surface area contributed by atoms with E-state index in [1.54, 1.807) is 25.1 Å². The van der Waals surface area contributed by atoms with Crippen molar-refractivity contribution in [1.29, 1.82) is 0 Å². The number of nitrogens with one attached hydrogen (secondary N) is 2. The number of esters is 1. The molecule has 0 spiro atoms. The van der Waals surface area contributed by atoms with Gasteiger partial charge in [0, 0.05) is 22.2 Å². The number of aromatic nitrogens is 1. The number of carbonyl (C=O) groups is 2. The molecule has 0 fully saturated rings. The Kier molecular flexibility index (Phi) is 5.86. The molecule has 1 unspecified atom stereocenters. The third kappa shape index (κ3) is 4.38. The zero-order valence-corrected chi connectivity index (χ0v) is 17.1. The fraction of sp³-hybridized carbons (Fsp3) is 0.238. The molecule has 2 N–H and O–H groups in total. The van der Waals surface area contributed by atoms with Gasteiger partial charge < -0.3 is 9.72 Å². The number of rotatable bonds is 7. The minimum atomic E-state index is -3.88. The molecule has 0 saturated heterocycles. The first-order valence-corrected chi connectivity index (χ1v) is 10.6. The molecule has 2 atom stereocenters. The standard InChI is InChI=1S/C21H22N2O5S/c1-13-19(17-11-7-8-12-18(17)22-13)20(24)15(3)28-21(25)14(2)23-29(26,27)16-9-5-4-6-10-16/h4-12,14-15,22-23H,1-3H3/t14-,15?/m0/s1. The van der Waals surface area contributed by atoms with Crippen molar-refractivity contribution in [3.05, 3.63) is 65.9 Å². The van der Waals surface area contributed by atoms with Crippen LogP contribution in [0.2, 0.25) is 0 Å². The summed E-state index contributed by atoms with van der Waals surface area (Å²) in [5, 5.41) is 0.746. The van der Waals surface area contributed by atoms with Crippen molar-refractivity contribution in [2.45, 2.75) is 37.8 Å². The van der Waals surface area contributed by atoms with Crippen molar-refractivity contribution in [1.82, 2.24) is 9.71 Å². The molecule has 0 bridgehead atoms. The molecule has 8 heteroatoms. The zero-order chi connectivity index (χ0) is 21.2. The summed E-state index contributed by atoms with van der Waals surface area (Å²) in [6, 6.07) is 13.9. The Labute approximate surface area is 169 Å². The van der Waals surface area contributed by atoms with Crippen LogP contribution in [-0.2, 0) is 19.6 Å². The number of Topliss-reactive ketones (excluding diaryl/α,β-unsaturated/α-hetero) is 1. The highest BCUT2D eigenvalue weighted by Crippen LogP contribution is 2.24. The van der Waals surface area contributed by atoms with E-state index in [0.717, 1.165) is 10.9 Å². The Bertz CT molecular complexity index is 1150. The lowest BCUT2D eigenvalue weighted by Gasteiger charge is -2.17. The van der Waals surface area contributed by atoms with E-state index in [1.807, 2.05) is 24.3 Å². The number of aryl methyl sites for hydroxylation is 1. The van der Waals surface area contributed by atoms with Crippen molar-refractivity contribution in [3.8, 4) is 0 Å². The molecule has 0 radical (unpaired) electrons. The quantitative estimate of drug-likeness (QED) is 0.457. The molecule has 152 valence electrons. The van der Waals surface area contributed by atoms with Gasteiger partial charge in [-0.25, -0.2) is 8.42 Å². The predicted molar refractivity (Wildman–Crippen MR) is 109 cm³/mol. The number of ether oxygens (including phenoxy) is 1. The Balaban J connectivity index is 1.71. The summed E-state index contributed by atoms with van der Waals surface area (Å²) in [5.74, 6) is -1.19. The van der Waals surface area contributed by atoms with Crippen molar-refractivity contribution in [3.63, 3.8) is 0 Å². The second-order valence-corrected chi connectivity index (χ2v) is 8.48. The van der Waals surface area contributed by atoms with Crippen LogP contribution in [0.25, 0.3) is 10.9 Å². The van der Waals surface area contributed by atoms with Crippen LogP contribution < -0.4 is 4.72 Å². The number of carbonyl (C=O) groups excluding carboxylic acids is 2. The molecule has 2 aromatic carbocycles. The van der Waals surface area contributed by atoms with Crippen LogP contribution in [0.3, 0.4) is 0 Å². The number of benzene rings is 2. The van der Waals surface area contributed by atoms with Gasteiger partial charge in [0.25, 0.3) is 0 Å². The van der Waals surface area contributed by atoms with Gasteiger partial charge in [0.1, 0.15) is 6.04 Å². The maximum absolute atomic E-state index is 12.9. The molecule has 0 aliphatic carbocycles. The van der Waals surface area contributed by atoms with Crippen LogP contribution in [0.5, 0.6) is 0 Å². The van der Waals surface area contributed by atoms with Crippen molar-refractivity contribution < 1.29 is 22.7 Å². The van der Waals surface area contributed by atoms with Crippen LogP contribution in [0.1, 0.15) is 29.9 Å². The number of ketones is 1. The number of hydrogen-bond acceptors (Lipinski definition) is 5. The van der Waals surface area contributed by atoms with Gasteiger partial charge in [0.2, 0.25) is 15.8 Å². The summed E-state index contributed by atoms with van der Waals surface area (Å²) in [6.45, 7) is 4.62. The third-order valence-electron chi connectivity index (χ3n) is 4.54. The van der Waals surface area contributed by atoms with Gasteiger partial charge in [-0.15, -0.1) is 0 Å². The average molecular weight is 414 g/mol. The summed E-state index contributed by atoms with van der Waals surface area (Å²) >= 11 is 0. The van der Waals surface area contributed by atoms with Crippen LogP contribution in [0.15, 0.2) is 59.5 Å². The van der Waals surface area contributed by atoms with Gasteiger partial charge in [0.15, 0.2) is 6.10 Å². The molecule has 0 amide bonds. The molecule has 1 heterocycles. The van der Waals surface area contributed by atoms with E-state index in [1.165, 1.54) is 26.0 Å². The minimum absolute atomic E-state index is 0.0400. The van der Waals surface area contributed by atoms with E-state index in [9.17, 15) is 18.0 Å². The first kappa shape index (κ1) is 20.8. The highest BCUT2D eigenvalue weighted by atomic mass is 32.2. The highest BCUT2D eigenvalue weighted by Gasteiger charge is 2.28. The van der Waals surface area contributed by atoms with Crippen LogP contribution >= 0.6 is 0 Å². The minimum Gasteiger partial charge on any atom is -0.453 e. The molecular formula is C21H22N2O5S. The summed E-state index contributed by atoms with van der Waals surface area (Å²) in [6.07, 6.45) is -1.07. The van der Waals surface area contributed by atoms with Crippen LogP contribution in [0, 0.1) is 6.92 Å². The second kappa shape index (κ2) is 8.18. The van der Waals surface area contributed by atoms with Gasteiger partial charge in [-0.2, -0.15) is 4.72 Å². The lowest BCUT2D eigenvalue weighted by atomic mass is 10.0. The molecule has 29 heavy (non-hydrogen) atoms. The molecule has 3 aromatic rings. The summed E-state index contributed by atoms with van der Waals surface area (Å²) in [5.41, 5.74) is 1.95. The Morgan fingerprint density at radius 3 is 2.31 bits per heavy atom. The molecule has 3 rings (SSSR count). The van der Waals surface area contributed by atoms with Crippen molar-refractivity contribution >= 4 is 32.7 Å². The second-order valence-electron chi connectivity index (χ2n) is 6.77. The fourth-order valence-electron chi connectivity index (χ4n) is 3.08. The number of sulfonamides is 1. The van der Waals surface area contributed by atoms with E-state index in [0.29, 0.717) is 11.3 Å². The number of aromatic amines is 1. The third-order valence-corrected chi connectivity index (χ3v) is 6.10. The van der Waals surface area contributed by atoms with E-state index in [2.05, 4.69) is 9.71 Å². The molecule has 0 aliphatic heterocycles. The van der Waals surface area contributed by atoms with Gasteiger partial charge in [-0.1, -0.05) is 36.4 Å². The normalized spacial score (nSPS) is 13.8. The maximum atomic E-state index is 12.9. The topological polar surface area (TPSA) is 105 Å². The monoisotopic (exact) mass is 414 g/mol.